The normalized spacial score (nSPS) is 15.9. The first-order valence-electron chi connectivity index (χ1n) is 10.9. The zero-order chi connectivity index (χ0) is 26.0. The minimum atomic E-state index is -4.97. The van der Waals surface area contributed by atoms with Gasteiger partial charge in [0.15, 0.2) is 10.5 Å². The summed E-state index contributed by atoms with van der Waals surface area (Å²) in [5, 5.41) is 0.344. The molecular weight excluding hydrogens is 517 g/mol. The van der Waals surface area contributed by atoms with Gasteiger partial charge in [-0.2, -0.15) is 13.2 Å². The Morgan fingerprint density at radius 1 is 1.14 bits per heavy atom. The molecule has 0 N–H and O–H groups in total. The molecule has 0 bridgehead atoms. The number of halogens is 4. The van der Waals surface area contributed by atoms with E-state index in [-0.39, 0.29) is 21.5 Å². The van der Waals surface area contributed by atoms with Crippen LogP contribution in [0.4, 0.5) is 13.2 Å². The van der Waals surface area contributed by atoms with Crippen LogP contribution in [0.3, 0.4) is 0 Å². The minimum absolute atomic E-state index is 0.131. The van der Waals surface area contributed by atoms with Crippen molar-refractivity contribution in [3.63, 3.8) is 0 Å². The SMILES string of the molecule is CCOC(=O)C1=C(C(F)(F)F)N=c2s/c(=C\c3ccccc3OCC)c(=O)n2[C@H]1c1ccc(Cl)cc1. The lowest BCUT2D eigenvalue weighted by atomic mass is 9.95. The first kappa shape index (κ1) is 25.7. The number of allylic oxidation sites excluding steroid dienone is 1. The maximum absolute atomic E-state index is 14.1. The third kappa shape index (κ3) is 4.96. The molecule has 0 saturated carbocycles. The molecule has 2 heterocycles. The number of aromatic nitrogens is 1. The zero-order valence-corrected chi connectivity index (χ0v) is 20.7. The fourth-order valence-electron chi connectivity index (χ4n) is 3.83. The third-order valence-corrected chi connectivity index (χ3v) is 6.52. The molecule has 1 atom stereocenters. The Bertz CT molecular complexity index is 1510. The van der Waals surface area contributed by atoms with Gasteiger partial charge in [-0.3, -0.25) is 9.36 Å². The van der Waals surface area contributed by atoms with Crippen LogP contribution in [-0.4, -0.2) is 29.9 Å². The molecule has 1 aliphatic heterocycles. The maximum atomic E-state index is 14.1. The van der Waals surface area contributed by atoms with Gasteiger partial charge in [0.1, 0.15) is 5.75 Å². The number of alkyl halides is 3. The van der Waals surface area contributed by atoms with Crippen LogP contribution in [0.2, 0.25) is 5.02 Å². The highest BCUT2D eigenvalue weighted by molar-refractivity contribution is 7.07. The van der Waals surface area contributed by atoms with Crippen molar-refractivity contribution in [3.8, 4) is 5.75 Å². The number of hydrogen-bond donors (Lipinski definition) is 0. The lowest BCUT2D eigenvalue weighted by Crippen LogP contribution is -2.41. The average molecular weight is 537 g/mol. The molecule has 3 aromatic rings. The number of thiazole rings is 1. The van der Waals surface area contributed by atoms with E-state index in [4.69, 9.17) is 21.1 Å². The van der Waals surface area contributed by atoms with Crippen molar-refractivity contribution in [2.75, 3.05) is 13.2 Å². The maximum Gasteiger partial charge on any atom is 0.434 e. The third-order valence-electron chi connectivity index (χ3n) is 5.29. The summed E-state index contributed by atoms with van der Waals surface area (Å²) in [6.45, 7) is 3.53. The Morgan fingerprint density at radius 3 is 2.47 bits per heavy atom. The quantitative estimate of drug-likeness (QED) is 0.438. The number of nitrogens with zero attached hydrogens (tertiary/aromatic N) is 2. The largest absolute Gasteiger partial charge is 0.493 e. The van der Waals surface area contributed by atoms with Crippen LogP contribution in [0.1, 0.15) is 31.0 Å². The van der Waals surface area contributed by atoms with Crippen LogP contribution < -0.4 is 19.6 Å². The highest BCUT2D eigenvalue weighted by Crippen LogP contribution is 2.38. The van der Waals surface area contributed by atoms with Crippen LogP contribution in [-0.2, 0) is 9.53 Å². The molecule has 0 unspecified atom stereocenters. The second-order valence-corrected chi connectivity index (χ2v) is 9.03. The second-order valence-electron chi connectivity index (χ2n) is 7.59. The number of carbonyl (C=O) groups is 1. The van der Waals surface area contributed by atoms with Crippen molar-refractivity contribution in [3.05, 3.63) is 95.6 Å². The van der Waals surface area contributed by atoms with Crippen LogP contribution in [0, 0.1) is 0 Å². The molecule has 0 spiro atoms. The lowest BCUT2D eigenvalue weighted by molar-refractivity contribution is -0.140. The number of ether oxygens (including phenoxy) is 2. The van der Waals surface area contributed by atoms with E-state index < -0.39 is 35.0 Å². The summed E-state index contributed by atoms with van der Waals surface area (Å²) in [5.41, 5.74) is -1.94. The second kappa shape index (κ2) is 10.3. The number of fused-ring (bicyclic) bond motifs is 1. The van der Waals surface area contributed by atoms with Crippen molar-refractivity contribution in [2.24, 2.45) is 4.99 Å². The number of esters is 1. The minimum Gasteiger partial charge on any atom is -0.493 e. The van der Waals surface area contributed by atoms with Gasteiger partial charge in [-0.25, -0.2) is 9.79 Å². The van der Waals surface area contributed by atoms with Gasteiger partial charge in [0.25, 0.3) is 5.56 Å². The van der Waals surface area contributed by atoms with E-state index in [1.54, 1.807) is 24.3 Å². The highest BCUT2D eigenvalue weighted by Gasteiger charge is 2.45. The number of carbonyl (C=O) groups excluding carboxylic acids is 1. The van der Waals surface area contributed by atoms with E-state index >= 15 is 0 Å². The van der Waals surface area contributed by atoms with Gasteiger partial charge in [0.05, 0.1) is 29.4 Å². The van der Waals surface area contributed by atoms with E-state index in [2.05, 4.69) is 4.99 Å². The van der Waals surface area contributed by atoms with Crippen LogP contribution in [0.15, 0.2) is 69.6 Å². The molecule has 0 saturated heterocycles. The predicted octanol–water partition coefficient (Wildman–Crippen LogP) is 4.39. The number of benzene rings is 2. The van der Waals surface area contributed by atoms with Gasteiger partial charge in [-0.15, -0.1) is 0 Å². The average Bonchev–Trinajstić information content (AvgIpc) is 3.14. The van der Waals surface area contributed by atoms with E-state index in [0.717, 1.165) is 15.9 Å². The number of rotatable bonds is 6. The molecule has 0 fully saturated rings. The fraction of sp³-hybridized carbons (Fsp3) is 0.240. The molecule has 0 radical (unpaired) electrons. The van der Waals surface area contributed by atoms with E-state index in [9.17, 15) is 22.8 Å². The van der Waals surface area contributed by atoms with Gasteiger partial charge in [-0.1, -0.05) is 53.3 Å². The number of para-hydroxylation sites is 1. The summed E-state index contributed by atoms with van der Waals surface area (Å²) >= 11 is 6.77. The molecule has 6 nitrogen and oxygen atoms in total. The predicted molar refractivity (Wildman–Crippen MR) is 130 cm³/mol. The summed E-state index contributed by atoms with van der Waals surface area (Å²) < 4.78 is 54.2. The standard InChI is InChI=1S/C25H20ClF3N2O4S/c1-3-34-17-8-6-5-7-15(17)13-18-22(32)31-20(14-9-11-16(26)12-10-14)19(23(33)35-4-2)21(25(27,28)29)30-24(31)36-18/h5-13,20H,3-4H2,1-2H3/b18-13-/t20-/m0/s1. The molecule has 4 rings (SSSR count). The topological polar surface area (TPSA) is 69.9 Å². The van der Waals surface area contributed by atoms with E-state index in [0.29, 0.717) is 22.9 Å². The lowest BCUT2D eigenvalue weighted by Gasteiger charge is -2.26. The Morgan fingerprint density at radius 2 is 1.83 bits per heavy atom. The van der Waals surface area contributed by atoms with Gasteiger partial charge < -0.3 is 9.47 Å². The van der Waals surface area contributed by atoms with Crippen molar-refractivity contribution >= 4 is 35.0 Å². The summed E-state index contributed by atoms with van der Waals surface area (Å²) in [6, 6.07) is 11.4. The van der Waals surface area contributed by atoms with E-state index in [1.807, 2.05) is 6.92 Å². The monoisotopic (exact) mass is 536 g/mol. The molecule has 188 valence electrons. The zero-order valence-electron chi connectivity index (χ0n) is 19.1. The Kier molecular flexibility index (Phi) is 7.37. The first-order valence-corrected chi connectivity index (χ1v) is 12.1. The summed E-state index contributed by atoms with van der Waals surface area (Å²) in [6.07, 6.45) is -3.43. The molecule has 2 aromatic carbocycles. The van der Waals surface area contributed by atoms with Crippen molar-refractivity contribution in [1.82, 2.24) is 4.57 Å². The van der Waals surface area contributed by atoms with Gasteiger partial charge in [-0.05, 0) is 43.7 Å². The number of hydrogen-bond acceptors (Lipinski definition) is 6. The molecule has 0 aliphatic carbocycles. The van der Waals surface area contributed by atoms with Gasteiger partial charge in [0.2, 0.25) is 0 Å². The van der Waals surface area contributed by atoms with Crippen molar-refractivity contribution in [2.45, 2.75) is 26.1 Å². The molecular formula is C25H20ClF3N2O4S. The Labute approximate surface area is 212 Å². The molecule has 1 aliphatic rings. The van der Waals surface area contributed by atoms with Gasteiger partial charge >= 0.3 is 12.1 Å². The van der Waals surface area contributed by atoms with Crippen molar-refractivity contribution in [1.29, 1.82) is 0 Å². The summed E-state index contributed by atoms with van der Waals surface area (Å²) in [5.74, 6) is -0.687. The molecule has 0 amide bonds. The summed E-state index contributed by atoms with van der Waals surface area (Å²) in [4.78, 5) is 30.0. The van der Waals surface area contributed by atoms with Crippen molar-refractivity contribution < 1.29 is 27.4 Å². The first-order chi connectivity index (χ1) is 17.2. The molecule has 1 aromatic heterocycles. The highest BCUT2D eigenvalue weighted by atomic mass is 35.5. The van der Waals surface area contributed by atoms with Gasteiger partial charge in [0, 0.05) is 10.6 Å². The van der Waals surface area contributed by atoms with E-state index in [1.165, 1.54) is 37.3 Å². The van der Waals surface area contributed by atoms with Crippen LogP contribution in [0.5, 0.6) is 5.75 Å². The Hall–Kier alpha value is -3.37. The van der Waals surface area contributed by atoms with Crippen LogP contribution in [0.25, 0.3) is 6.08 Å². The molecule has 36 heavy (non-hydrogen) atoms. The Balaban J connectivity index is 2.04. The smallest absolute Gasteiger partial charge is 0.434 e. The van der Waals surface area contributed by atoms with Crippen LogP contribution >= 0.6 is 22.9 Å². The fourth-order valence-corrected chi connectivity index (χ4v) is 4.95. The summed E-state index contributed by atoms with van der Waals surface area (Å²) in [7, 11) is 0. The molecule has 11 heteroatoms.